The van der Waals surface area contributed by atoms with Crippen molar-refractivity contribution in [3.8, 4) is 5.75 Å². The summed E-state index contributed by atoms with van der Waals surface area (Å²) in [6, 6.07) is 5.93. The van der Waals surface area contributed by atoms with E-state index < -0.39 is 0 Å². The Bertz CT molecular complexity index is 531. The van der Waals surface area contributed by atoms with E-state index in [0.717, 1.165) is 36.4 Å². The Kier molecular flexibility index (Phi) is 3.15. The van der Waals surface area contributed by atoms with Gasteiger partial charge in [0.2, 0.25) is 0 Å². The average Bonchev–Trinajstić information content (AvgIpc) is 2.82. The monoisotopic (exact) mass is 246 g/mol. The molecule has 0 radical (unpaired) electrons. The molecule has 1 fully saturated rings. The molecule has 2 aromatic rings. The Labute approximate surface area is 106 Å². The average molecular weight is 246 g/mol. The maximum Gasteiger partial charge on any atom is 0.121 e. The second kappa shape index (κ2) is 4.94. The van der Waals surface area contributed by atoms with Gasteiger partial charge in [-0.25, -0.2) is 4.68 Å². The van der Waals surface area contributed by atoms with Gasteiger partial charge in [-0.3, -0.25) is 0 Å². The molecule has 1 aromatic heterocycles. The van der Waals surface area contributed by atoms with Crippen molar-refractivity contribution in [1.82, 2.24) is 20.3 Å². The number of methoxy groups -OCH3 is 1. The third-order valence-corrected chi connectivity index (χ3v) is 3.61. The van der Waals surface area contributed by atoms with Gasteiger partial charge in [-0.1, -0.05) is 5.21 Å². The largest absolute Gasteiger partial charge is 0.497 e. The lowest BCUT2D eigenvalue weighted by atomic mass is 9.98. The maximum atomic E-state index is 5.20. The number of nitrogens with one attached hydrogen (secondary N) is 1. The molecule has 1 N–H and O–H groups in total. The Morgan fingerprint density at radius 2 is 2.22 bits per heavy atom. The first kappa shape index (κ1) is 11.5. The lowest BCUT2D eigenvalue weighted by Gasteiger charge is -2.22. The van der Waals surface area contributed by atoms with E-state index in [0.29, 0.717) is 5.92 Å². The molecule has 1 aliphatic heterocycles. The summed E-state index contributed by atoms with van der Waals surface area (Å²) < 4.78 is 7.21. The van der Waals surface area contributed by atoms with Crippen molar-refractivity contribution in [1.29, 1.82) is 0 Å². The molecule has 5 nitrogen and oxygen atoms in total. The third kappa shape index (κ3) is 2.18. The molecular formula is C13H18N4O. The minimum Gasteiger partial charge on any atom is -0.497 e. The van der Waals surface area contributed by atoms with Crippen molar-refractivity contribution in [2.24, 2.45) is 5.92 Å². The van der Waals surface area contributed by atoms with Gasteiger partial charge in [0, 0.05) is 12.6 Å². The van der Waals surface area contributed by atoms with E-state index in [-0.39, 0.29) is 0 Å². The first-order chi connectivity index (χ1) is 8.86. The SMILES string of the molecule is COc1ccc2c(c1)nnn2CC1CCNCC1. The third-order valence-electron chi connectivity index (χ3n) is 3.61. The highest BCUT2D eigenvalue weighted by Crippen LogP contribution is 2.21. The number of hydrogen-bond donors (Lipinski definition) is 1. The molecule has 0 spiro atoms. The first-order valence-electron chi connectivity index (χ1n) is 6.45. The molecule has 0 unspecified atom stereocenters. The second-order valence-electron chi connectivity index (χ2n) is 4.82. The van der Waals surface area contributed by atoms with Crippen molar-refractivity contribution < 1.29 is 4.74 Å². The van der Waals surface area contributed by atoms with Crippen molar-refractivity contribution in [3.63, 3.8) is 0 Å². The molecule has 3 rings (SSSR count). The molecule has 96 valence electrons. The van der Waals surface area contributed by atoms with Crippen LogP contribution in [0.1, 0.15) is 12.8 Å². The number of aromatic nitrogens is 3. The van der Waals surface area contributed by atoms with Crippen molar-refractivity contribution in [2.45, 2.75) is 19.4 Å². The van der Waals surface area contributed by atoms with E-state index >= 15 is 0 Å². The predicted molar refractivity (Wildman–Crippen MR) is 69.7 cm³/mol. The number of nitrogens with zero attached hydrogens (tertiary/aromatic N) is 3. The summed E-state index contributed by atoms with van der Waals surface area (Å²) in [5.74, 6) is 1.54. The van der Waals surface area contributed by atoms with Gasteiger partial charge >= 0.3 is 0 Å². The van der Waals surface area contributed by atoms with E-state index in [1.54, 1.807) is 7.11 Å². The van der Waals surface area contributed by atoms with Gasteiger partial charge in [0.15, 0.2) is 0 Å². The van der Waals surface area contributed by atoms with Crippen LogP contribution < -0.4 is 10.1 Å². The summed E-state index contributed by atoms with van der Waals surface area (Å²) in [7, 11) is 1.67. The van der Waals surface area contributed by atoms with Gasteiger partial charge in [0.1, 0.15) is 11.3 Å². The number of ether oxygens (including phenoxy) is 1. The quantitative estimate of drug-likeness (QED) is 0.890. The topological polar surface area (TPSA) is 52.0 Å². The van der Waals surface area contributed by atoms with E-state index in [2.05, 4.69) is 15.6 Å². The Balaban J connectivity index is 1.83. The molecule has 5 heteroatoms. The van der Waals surface area contributed by atoms with Crippen molar-refractivity contribution in [3.05, 3.63) is 18.2 Å². The summed E-state index contributed by atoms with van der Waals surface area (Å²) in [4.78, 5) is 0. The van der Waals surface area contributed by atoms with Crippen LogP contribution in [0.25, 0.3) is 11.0 Å². The summed E-state index contributed by atoms with van der Waals surface area (Å²) in [5.41, 5.74) is 2.00. The second-order valence-corrected chi connectivity index (χ2v) is 4.82. The molecular weight excluding hydrogens is 228 g/mol. The van der Waals surface area contributed by atoms with Gasteiger partial charge in [-0.05, 0) is 44.0 Å². The number of fused-ring (bicyclic) bond motifs is 1. The predicted octanol–water partition coefficient (Wildman–Crippen LogP) is 1.44. The first-order valence-corrected chi connectivity index (χ1v) is 6.45. The Morgan fingerprint density at radius 3 is 3.00 bits per heavy atom. The minimum atomic E-state index is 0.707. The van der Waals surface area contributed by atoms with Crippen LogP contribution in [-0.2, 0) is 6.54 Å². The smallest absolute Gasteiger partial charge is 0.121 e. The molecule has 1 aromatic carbocycles. The lowest BCUT2D eigenvalue weighted by Crippen LogP contribution is -2.30. The van der Waals surface area contributed by atoms with Gasteiger partial charge < -0.3 is 10.1 Å². The van der Waals surface area contributed by atoms with Crippen LogP contribution in [0.5, 0.6) is 5.75 Å². The Hall–Kier alpha value is -1.62. The number of rotatable bonds is 3. The molecule has 18 heavy (non-hydrogen) atoms. The molecule has 0 aliphatic carbocycles. The zero-order valence-corrected chi connectivity index (χ0v) is 10.6. The fraction of sp³-hybridized carbons (Fsp3) is 0.538. The molecule has 2 heterocycles. The summed E-state index contributed by atoms with van der Waals surface area (Å²) in [6.45, 7) is 3.20. The summed E-state index contributed by atoms with van der Waals surface area (Å²) in [5, 5.41) is 11.9. The van der Waals surface area contributed by atoms with Crippen LogP contribution >= 0.6 is 0 Å². The van der Waals surface area contributed by atoms with E-state index in [4.69, 9.17) is 4.74 Å². The van der Waals surface area contributed by atoms with Crippen LogP contribution in [0, 0.1) is 5.92 Å². The Morgan fingerprint density at radius 1 is 1.39 bits per heavy atom. The maximum absolute atomic E-state index is 5.20. The van der Waals surface area contributed by atoms with E-state index in [1.807, 2.05) is 22.9 Å². The molecule has 0 amide bonds. The van der Waals surface area contributed by atoms with E-state index in [9.17, 15) is 0 Å². The minimum absolute atomic E-state index is 0.707. The van der Waals surface area contributed by atoms with Gasteiger partial charge in [0.05, 0.1) is 12.6 Å². The standard InChI is InChI=1S/C13H18N4O/c1-18-11-2-3-13-12(8-11)15-16-17(13)9-10-4-6-14-7-5-10/h2-3,8,10,14H,4-7,9H2,1H3. The number of benzene rings is 1. The lowest BCUT2D eigenvalue weighted by molar-refractivity contribution is 0.322. The van der Waals surface area contributed by atoms with Crippen molar-refractivity contribution >= 4 is 11.0 Å². The van der Waals surface area contributed by atoms with Gasteiger partial charge in [-0.15, -0.1) is 5.10 Å². The fourth-order valence-corrected chi connectivity index (χ4v) is 2.52. The van der Waals surface area contributed by atoms with Crippen LogP contribution in [-0.4, -0.2) is 35.2 Å². The molecule has 1 saturated heterocycles. The van der Waals surface area contributed by atoms with Crippen LogP contribution in [0.3, 0.4) is 0 Å². The molecule has 0 bridgehead atoms. The van der Waals surface area contributed by atoms with Gasteiger partial charge in [-0.2, -0.15) is 0 Å². The normalized spacial score (nSPS) is 17.2. The summed E-state index contributed by atoms with van der Waals surface area (Å²) >= 11 is 0. The van der Waals surface area contributed by atoms with E-state index in [1.165, 1.54) is 12.8 Å². The van der Waals surface area contributed by atoms with Crippen LogP contribution in [0.15, 0.2) is 18.2 Å². The summed E-state index contributed by atoms with van der Waals surface area (Å²) in [6.07, 6.45) is 2.44. The van der Waals surface area contributed by atoms with Gasteiger partial charge in [0.25, 0.3) is 0 Å². The number of piperidine rings is 1. The molecule has 0 atom stereocenters. The highest BCUT2D eigenvalue weighted by Gasteiger charge is 2.15. The zero-order chi connectivity index (χ0) is 12.4. The number of hydrogen-bond acceptors (Lipinski definition) is 4. The fourth-order valence-electron chi connectivity index (χ4n) is 2.52. The highest BCUT2D eigenvalue weighted by molar-refractivity contribution is 5.75. The van der Waals surface area contributed by atoms with Crippen molar-refractivity contribution in [2.75, 3.05) is 20.2 Å². The zero-order valence-electron chi connectivity index (χ0n) is 10.6. The van der Waals surface area contributed by atoms with Crippen LogP contribution in [0.4, 0.5) is 0 Å². The molecule has 1 aliphatic rings. The van der Waals surface area contributed by atoms with Crippen LogP contribution in [0.2, 0.25) is 0 Å². The molecule has 0 saturated carbocycles. The highest BCUT2D eigenvalue weighted by atomic mass is 16.5.